The molecule has 0 amide bonds. The monoisotopic (exact) mass is 568 g/mol. The van der Waals surface area contributed by atoms with Crippen molar-refractivity contribution in [1.82, 2.24) is 9.55 Å². The molecule has 2 heterocycles. The van der Waals surface area contributed by atoms with Gasteiger partial charge in [-0.2, -0.15) is 0 Å². The van der Waals surface area contributed by atoms with E-state index in [0.717, 1.165) is 50.9 Å². The van der Waals surface area contributed by atoms with Crippen molar-refractivity contribution in [2.24, 2.45) is 10.8 Å². The van der Waals surface area contributed by atoms with E-state index in [4.69, 9.17) is 21.3 Å². The third kappa shape index (κ3) is 6.57. The molecule has 0 aliphatic heterocycles. The Kier molecular flexibility index (Phi) is 7.85. The highest BCUT2D eigenvalue weighted by Crippen LogP contribution is 2.38. The summed E-state index contributed by atoms with van der Waals surface area (Å²) in [5.41, 5.74) is 5.25. The van der Waals surface area contributed by atoms with Gasteiger partial charge in [-0.25, -0.2) is 4.98 Å². The topological polar surface area (TPSA) is 64.3 Å². The molecule has 0 unspecified atom stereocenters. The van der Waals surface area contributed by atoms with Crippen LogP contribution in [-0.4, -0.2) is 20.6 Å². The number of pyridine rings is 1. The van der Waals surface area contributed by atoms with Gasteiger partial charge in [0.25, 0.3) is 0 Å². The molecule has 0 bridgehead atoms. The lowest BCUT2D eigenvalue weighted by atomic mass is 9.82. The number of aliphatic carboxylic acids is 1. The predicted octanol–water partition coefficient (Wildman–Crippen LogP) is 8.71. The van der Waals surface area contributed by atoms with Gasteiger partial charge in [-0.05, 0) is 79.3 Å². The summed E-state index contributed by atoms with van der Waals surface area (Å²) < 4.78 is 8.55. The number of aromatic nitrogens is 2. The van der Waals surface area contributed by atoms with Crippen molar-refractivity contribution in [3.63, 3.8) is 0 Å². The lowest BCUT2D eigenvalue weighted by molar-refractivity contribution is -0.146. The molecule has 5 nitrogen and oxygen atoms in total. The number of fused-ring (bicyclic) bond motifs is 2. The number of hydrogen-bond donors (Lipinski definition) is 1. The van der Waals surface area contributed by atoms with Crippen molar-refractivity contribution >= 4 is 39.4 Å². The number of rotatable bonds is 9. The first-order valence-electron chi connectivity index (χ1n) is 14.0. The fourth-order valence-electron chi connectivity index (χ4n) is 5.27. The summed E-state index contributed by atoms with van der Waals surface area (Å²) in [6, 6.07) is 26.2. The SMILES string of the molecule is CC(C)(C)Cc1c(CC(C)(C)C(=O)O)n(Cc2ccc(Cl)cc2)c2ccc(OCc3ccc4ccccc4n3)cc12. The fourth-order valence-corrected chi connectivity index (χ4v) is 5.39. The zero-order valence-electron chi connectivity index (χ0n) is 24.4. The molecule has 0 aliphatic carbocycles. The number of nitrogens with zero attached hydrogens (tertiary/aromatic N) is 2. The zero-order chi connectivity index (χ0) is 29.4. The molecule has 212 valence electrons. The van der Waals surface area contributed by atoms with Crippen LogP contribution < -0.4 is 4.74 Å². The number of hydrogen-bond acceptors (Lipinski definition) is 3. The van der Waals surface area contributed by atoms with Gasteiger partial charge >= 0.3 is 5.97 Å². The molecule has 6 heteroatoms. The molecule has 0 atom stereocenters. The Balaban J connectivity index is 1.58. The molecule has 0 spiro atoms. The number of ether oxygens (including phenoxy) is 1. The first kappa shape index (κ1) is 28.7. The van der Waals surface area contributed by atoms with Crippen molar-refractivity contribution in [2.45, 2.75) is 60.6 Å². The molecule has 0 saturated carbocycles. The first-order valence-corrected chi connectivity index (χ1v) is 14.4. The number of carboxylic acid groups (broad SMARTS) is 1. The van der Waals surface area contributed by atoms with Crippen LogP contribution >= 0.6 is 11.6 Å². The van der Waals surface area contributed by atoms with Gasteiger partial charge in [-0.15, -0.1) is 0 Å². The smallest absolute Gasteiger partial charge is 0.309 e. The second-order valence-corrected chi connectivity index (χ2v) is 13.1. The largest absolute Gasteiger partial charge is 0.487 e. The van der Waals surface area contributed by atoms with Crippen molar-refractivity contribution in [2.75, 3.05) is 0 Å². The van der Waals surface area contributed by atoms with Crippen LogP contribution in [0.5, 0.6) is 5.75 Å². The summed E-state index contributed by atoms with van der Waals surface area (Å²) in [7, 11) is 0. The number of benzene rings is 3. The second kappa shape index (κ2) is 11.2. The third-order valence-corrected chi connectivity index (χ3v) is 7.70. The molecular weight excluding hydrogens is 532 g/mol. The van der Waals surface area contributed by atoms with E-state index in [9.17, 15) is 9.90 Å². The minimum Gasteiger partial charge on any atom is -0.487 e. The Hall–Kier alpha value is -3.83. The van der Waals surface area contributed by atoms with Crippen molar-refractivity contribution < 1.29 is 14.6 Å². The maximum Gasteiger partial charge on any atom is 0.309 e. The third-order valence-electron chi connectivity index (χ3n) is 7.45. The average molecular weight is 569 g/mol. The lowest BCUT2D eigenvalue weighted by Crippen LogP contribution is -2.28. The molecule has 3 aromatic carbocycles. The molecule has 5 rings (SSSR count). The highest BCUT2D eigenvalue weighted by atomic mass is 35.5. The highest BCUT2D eigenvalue weighted by molar-refractivity contribution is 6.30. The maximum atomic E-state index is 12.3. The highest BCUT2D eigenvalue weighted by Gasteiger charge is 2.32. The number of halogens is 1. The van der Waals surface area contributed by atoms with Crippen LogP contribution in [0.4, 0.5) is 0 Å². The lowest BCUT2D eigenvalue weighted by Gasteiger charge is -2.24. The van der Waals surface area contributed by atoms with Gasteiger partial charge in [0.1, 0.15) is 12.4 Å². The van der Waals surface area contributed by atoms with E-state index in [2.05, 4.69) is 49.6 Å². The average Bonchev–Trinajstić information content (AvgIpc) is 3.18. The molecule has 0 aliphatic rings. The van der Waals surface area contributed by atoms with E-state index < -0.39 is 11.4 Å². The number of carboxylic acids is 1. The summed E-state index contributed by atoms with van der Waals surface area (Å²) in [6.07, 6.45) is 1.21. The Labute approximate surface area is 246 Å². The van der Waals surface area contributed by atoms with Gasteiger partial charge in [-0.3, -0.25) is 4.79 Å². The van der Waals surface area contributed by atoms with E-state index in [-0.39, 0.29) is 5.41 Å². The van der Waals surface area contributed by atoms with E-state index in [1.807, 2.05) is 54.6 Å². The summed E-state index contributed by atoms with van der Waals surface area (Å²) in [6.45, 7) is 11.2. The van der Waals surface area contributed by atoms with Crippen LogP contribution in [0.3, 0.4) is 0 Å². The molecule has 5 aromatic rings. The van der Waals surface area contributed by atoms with E-state index in [1.54, 1.807) is 13.8 Å². The van der Waals surface area contributed by atoms with Crippen molar-refractivity contribution in [3.05, 3.63) is 106 Å². The Bertz CT molecular complexity index is 1710. The van der Waals surface area contributed by atoms with Gasteiger partial charge in [0, 0.05) is 40.0 Å². The van der Waals surface area contributed by atoms with Gasteiger partial charge in [0.15, 0.2) is 0 Å². The number of carbonyl (C=O) groups is 1. The molecule has 0 fully saturated rings. The van der Waals surface area contributed by atoms with Gasteiger partial charge in [-0.1, -0.05) is 68.8 Å². The summed E-state index contributed by atoms with van der Waals surface area (Å²) in [5.74, 6) is -0.0512. The Morgan fingerprint density at radius 3 is 2.37 bits per heavy atom. The number of para-hydroxylation sites is 1. The van der Waals surface area contributed by atoms with Crippen LogP contribution in [0, 0.1) is 10.8 Å². The maximum absolute atomic E-state index is 12.3. The minimum absolute atomic E-state index is 0.00657. The van der Waals surface area contributed by atoms with Gasteiger partial charge < -0.3 is 14.4 Å². The summed E-state index contributed by atoms with van der Waals surface area (Å²) >= 11 is 6.17. The minimum atomic E-state index is -0.931. The Morgan fingerprint density at radius 2 is 1.66 bits per heavy atom. The van der Waals surface area contributed by atoms with Crippen LogP contribution in [0.2, 0.25) is 5.02 Å². The predicted molar refractivity (Wildman–Crippen MR) is 167 cm³/mol. The molecular formula is C35H37ClN2O3. The van der Waals surface area contributed by atoms with E-state index in [0.29, 0.717) is 24.6 Å². The van der Waals surface area contributed by atoms with E-state index in [1.165, 1.54) is 5.56 Å². The normalized spacial score (nSPS) is 12.2. The van der Waals surface area contributed by atoms with Crippen LogP contribution in [0.1, 0.15) is 57.1 Å². The molecule has 2 aromatic heterocycles. The standard InChI is InChI=1S/C35H37ClN2O3/c1-34(2,3)19-29-28-18-27(41-22-26-15-12-24-8-6-7-9-30(24)37-26)16-17-31(28)38(21-23-10-13-25(36)14-11-23)32(29)20-35(4,5)33(39)40/h6-18H,19-22H2,1-5H3,(H,39,40). The summed E-state index contributed by atoms with van der Waals surface area (Å²) in [4.78, 5) is 17.0. The van der Waals surface area contributed by atoms with Crippen LogP contribution in [0.25, 0.3) is 21.8 Å². The molecule has 0 saturated heterocycles. The fraction of sp³-hybridized carbons (Fsp3) is 0.314. The molecule has 1 N–H and O–H groups in total. The molecule has 0 radical (unpaired) electrons. The van der Waals surface area contributed by atoms with Crippen LogP contribution in [-0.2, 0) is 30.8 Å². The first-order chi connectivity index (χ1) is 19.4. The second-order valence-electron chi connectivity index (χ2n) is 12.7. The van der Waals surface area contributed by atoms with Crippen LogP contribution in [0.15, 0.2) is 78.9 Å². The molecule has 41 heavy (non-hydrogen) atoms. The quantitative estimate of drug-likeness (QED) is 0.193. The van der Waals surface area contributed by atoms with Crippen molar-refractivity contribution in [3.8, 4) is 5.75 Å². The van der Waals surface area contributed by atoms with Crippen molar-refractivity contribution in [1.29, 1.82) is 0 Å². The Morgan fingerprint density at radius 1 is 0.927 bits per heavy atom. The van der Waals surface area contributed by atoms with Gasteiger partial charge in [0.2, 0.25) is 0 Å². The van der Waals surface area contributed by atoms with Gasteiger partial charge in [0.05, 0.1) is 16.6 Å². The zero-order valence-corrected chi connectivity index (χ0v) is 25.1. The van der Waals surface area contributed by atoms with E-state index >= 15 is 0 Å². The summed E-state index contributed by atoms with van der Waals surface area (Å²) in [5, 5.41) is 12.9.